The van der Waals surface area contributed by atoms with Crippen LogP contribution in [0.25, 0.3) is 11.0 Å². The molecule has 0 atom stereocenters. The summed E-state index contributed by atoms with van der Waals surface area (Å²) in [7, 11) is 0. The molecule has 0 radical (unpaired) electrons. The smallest absolute Gasteiger partial charge is 0.338 e. The fourth-order valence-electron chi connectivity index (χ4n) is 3.56. The molecule has 1 saturated heterocycles. The number of pyridine rings is 1. The molecule has 5 heteroatoms. The van der Waals surface area contributed by atoms with Crippen molar-refractivity contribution in [3.63, 3.8) is 0 Å². The Balaban J connectivity index is 1.70. The van der Waals surface area contributed by atoms with Crippen LogP contribution < -0.4 is 0 Å². The van der Waals surface area contributed by atoms with E-state index < -0.39 is 5.97 Å². The monoisotopic (exact) mass is 315 g/mol. The number of aromatic carboxylic acids is 1. The third kappa shape index (κ3) is 3.55. The first-order chi connectivity index (χ1) is 11.2. The molecule has 0 unspecified atom stereocenters. The average Bonchev–Trinajstić information content (AvgIpc) is 2.92. The molecular formula is C18H25N3O2. The number of fused-ring (bicyclic) bond motifs is 1. The van der Waals surface area contributed by atoms with Crippen molar-refractivity contribution >= 4 is 17.0 Å². The predicted molar refractivity (Wildman–Crippen MR) is 90.8 cm³/mol. The fraction of sp³-hybridized carbons (Fsp3) is 0.556. The lowest BCUT2D eigenvalue weighted by Crippen LogP contribution is -2.35. The Morgan fingerprint density at radius 3 is 2.91 bits per heavy atom. The van der Waals surface area contributed by atoms with Gasteiger partial charge in [0.1, 0.15) is 5.65 Å². The van der Waals surface area contributed by atoms with Crippen molar-refractivity contribution in [3.8, 4) is 0 Å². The summed E-state index contributed by atoms with van der Waals surface area (Å²) >= 11 is 0. The molecule has 3 heterocycles. The van der Waals surface area contributed by atoms with E-state index in [4.69, 9.17) is 0 Å². The number of nitrogens with zero attached hydrogens (tertiary/aromatic N) is 2. The number of aromatic amines is 1. The highest BCUT2D eigenvalue weighted by atomic mass is 16.4. The number of piperidine rings is 1. The number of unbranched alkanes of at least 4 members (excludes halogenated alkanes) is 1. The minimum atomic E-state index is -0.861. The molecule has 1 aliphatic rings. The van der Waals surface area contributed by atoms with Gasteiger partial charge in [-0.2, -0.15) is 0 Å². The van der Waals surface area contributed by atoms with Crippen molar-refractivity contribution in [2.24, 2.45) is 5.92 Å². The lowest BCUT2D eigenvalue weighted by molar-refractivity contribution is 0.0697. The first kappa shape index (κ1) is 16.0. The number of nitrogens with one attached hydrogen (secondary N) is 1. The summed E-state index contributed by atoms with van der Waals surface area (Å²) in [5, 5.41) is 10.3. The second-order valence-corrected chi connectivity index (χ2v) is 6.53. The Labute approximate surface area is 136 Å². The van der Waals surface area contributed by atoms with E-state index in [1.165, 1.54) is 19.4 Å². The third-order valence-corrected chi connectivity index (χ3v) is 4.89. The van der Waals surface area contributed by atoms with Crippen LogP contribution in [0.2, 0.25) is 0 Å². The van der Waals surface area contributed by atoms with E-state index in [1.54, 1.807) is 12.3 Å². The first-order valence-corrected chi connectivity index (χ1v) is 8.60. The minimum Gasteiger partial charge on any atom is -0.478 e. The Morgan fingerprint density at radius 2 is 2.22 bits per heavy atom. The number of carboxylic acids is 1. The number of hydrogen-bond acceptors (Lipinski definition) is 3. The molecule has 0 aromatic carbocycles. The maximum Gasteiger partial charge on any atom is 0.338 e. The second-order valence-electron chi connectivity index (χ2n) is 6.53. The minimum absolute atomic E-state index is 0.404. The van der Waals surface area contributed by atoms with Crippen LogP contribution in [0.1, 0.15) is 48.7 Å². The molecule has 2 aromatic heterocycles. The summed E-state index contributed by atoms with van der Waals surface area (Å²) in [6.07, 6.45) is 7.29. The number of carboxylic acid groups (broad SMARTS) is 1. The van der Waals surface area contributed by atoms with Crippen LogP contribution in [0, 0.1) is 5.92 Å². The first-order valence-electron chi connectivity index (χ1n) is 8.60. The molecule has 2 aromatic rings. The quantitative estimate of drug-likeness (QED) is 0.858. The molecule has 1 fully saturated rings. The van der Waals surface area contributed by atoms with Crippen LogP contribution >= 0.6 is 0 Å². The number of H-pyrrole nitrogens is 1. The van der Waals surface area contributed by atoms with Gasteiger partial charge in [-0.15, -0.1) is 0 Å². The van der Waals surface area contributed by atoms with Crippen molar-refractivity contribution in [1.29, 1.82) is 0 Å². The highest BCUT2D eigenvalue weighted by Crippen LogP contribution is 2.27. The summed E-state index contributed by atoms with van der Waals surface area (Å²) in [6, 6.07) is 3.62. The standard InChI is InChI=1S/C18H25N3O2/c1-2-3-9-21-10-6-13(7-11-21)12-15-16(18(22)23)14-5-4-8-19-17(14)20-15/h4-5,8,13H,2-3,6-7,9-12H2,1H3,(H,19,20)(H,22,23). The number of likely N-dealkylation sites (tertiary alicyclic amines) is 1. The number of hydrogen-bond donors (Lipinski definition) is 2. The van der Waals surface area contributed by atoms with Gasteiger partial charge in [0.2, 0.25) is 0 Å². The number of aromatic nitrogens is 2. The van der Waals surface area contributed by atoms with Crippen LogP contribution in [-0.2, 0) is 6.42 Å². The Bertz CT molecular complexity index is 672. The fourth-order valence-corrected chi connectivity index (χ4v) is 3.56. The molecule has 0 amide bonds. The zero-order valence-corrected chi connectivity index (χ0v) is 13.7. The highest BCUT2D eigenvalue weighted by molar-refractivity contribution is 6.03. The molecule has 2 N–H and O–H groups in total. The Kier molecular flexibility index (Phi) is 4.96. The molecule has 0 spiro atoms. The van der Waals surface area contributed by atoms with Gasteiger partial charge in [0.15, 0.2) is 0 Å². The van der Waals surface area contributed by atoms with E-state index in [9.17, 15) is 9.90 Å². The number of rotatable bonds is 6. The molecule has 1 aliphatic heterocycles. The molecule has 5 nitrogen and oxygen atoms in total. The maximum absolute atomic E-state index is 11.7. The van der Waals surface area contributed by atoms with Crippen molar-refractivity contribution in [3.05, 3.63) is 29.6 Å². The molecule has 124 valence electrons. The summed E-state index contributed by atoms with van der Waals surface area (Å²) in [5.74, 6) is -0.307. The van der Waals surface area contributed by atoms with Crippen LogP contribution in [0.5, 0.6) is 0 Å². The lowest BCUT2D eigenvalue weighted by Gasteiger charge is -2.31. The van der Waals surface area contributed by atoms with Gasteiger partial charge in [0, 0.05) is 17.3 Å². The molecule has 23 heavy (non-hydrogen) atoms. The summed E-state index contributed by atoms with van der Waals surface area (Å²) in [5.41, 5.74) is 1.92. The SMILES string of the molecule is CCCCN1CCC(Cc2[nH]c3ncccc3c2C(=O)O)CC1. The van der Waals surface area contributed by atoms with Gasteiger partial charge in [0.05, 0.1) is 5.56 Å². The summed E-state index contributed by atoms with van der Waals surface area (Å²) < 4.78 is 0. The number of carbonyl (C=O) groups is 1. The van der Waals surface area contributed by atoms with Crippen LogP contribution in [0.15, 0.2) is 18.3 Å². The van der Waals surface area contributed by atoms with E-state index in [0.29, 0.717) is 17.1 Å². The largest absolute Gasteiger partial charge is 0.478 e. The summed E-state index contributed by atoms with van der Waals surface area (Å²) in [4.78, 5) is 21.7. The van der Waals surface area contributed by atoms with Gasteiger partial charge in [-0.1, -0.05) is 13.3 Å². The lowest BCUT2D eigenvalue weighted by atomic mass is 9.91. The maximum atomic E-state index is 11.7. The Hall–Kier alpha value is -1.88. The van der Waals surface area contributed by atoms with E-state index in [-0.39, 0.29) is 0 Å². The average molecular weight is 315 g/mol. The van der Waals surface area contributed by atoms with E-state index in [0.717, 1.165) is 43.4 Å². The van der Waals surface area contributed by atoms with Crippen molar-refractivity contribution in [1.82, 2.24) is 14.9 Å². The predicted octanol–water partition coefficient (Wildman–Crippen LogP) is 3.32. The molecule has 0 bridgehead atoms. The van der Waals surface area contributed by atoms with Gasteiger partial charge >= 0.3 is 5.97 Å². The highest BCUT2D eigenvalue weighted by Gasteiger charge is 2.24. The zero-order valence-electron chi connectivity index (χ0n) is 13.7. The van der Waals surface area contributed by atoms with Gasteiger partial charge in [0.25, 0.3) is 0 Å². The van der Waals surface area contributed by atoms with Gasteiger partial charge in [-0.25, -0.2) is 9.78 Å². The normalized spacial score (nSPS) is 16.9. The van der Waals surface area contributed by atoms with Crippen LogP contribution in [-0.4, -0.2) is 45.6 Å². The van der Waals surface area contributed by atoms with Gasteiger partial charge in [-0.3, -0.25) is 0 Å². The van der Waals surface area contributed by atoms with Crippen molar-refractivity contribution in [2.45, 2.75) is 39.0 Å². The van der Waals surface area contributed by atoms with Crippen molar-refractivity contribution in [2.75, 3.05) is 19.6 Å². The van der Waals surface area contributed by atoms with Gasteiger partial charge < -0.3 is 15.0 Å². The third-order valence-electron chi connectivity index (χ3n) is 4.89. The van der Waals surface area contributed by atoms with E-state index in [2.05, 4.69) is 21.8 Å². The molecule has 3 rings (SSSR count). The Morgan fingerprint density at radius 1 is 1.43 bits per heavy atom. The molecular weight excluding hydrogens is 290 g/mol. The van der Waals surface area contributed by atoms with E-state index in [1.807, 2.05) is 6.07 Å². The molecule has 0 saturated carbocycles. The van der Waals surface area contributed by atoms with Crippen molar-refractivity contribution < 1.29 is 9.90 Å². The summed E-state index contributed by atoms with van der Waals surface area (Å²) in [6.45, 7) is 5.68. The van der Waals surface area contributed by atoms with Gasteiger partial charge in [-0.05, 0) is 63.4 Å². The topological polar surface area (TPSA) is 69.2 Å². The molecule has 0 aliphatic carbocycles. The van der Waals surface area contributed by atoms with E-state index >= 15 is 0 Å². The van der Waals surface area contributed by atoms with Crippen LogP contribution in [0.3, 0.4) is 0 Å². The van der Waals surface area contributed by atoms with Crippen LogP contribution in [0.4, 0.5) is 0 Å². The zero-order chi connectivity index (χ0) is 16.2. The second kappa shape index (κ2) is 7.13.